The van der Waals surface area contributed by atoms with Gasteiger partial charge in [-0.05, 0) is 50.3 Å². The lowest BCUT2D eigenvalue weighted by Gasteiger charge is -2.27. The molecule has 112 valence electrons. The fraction of sp³-hybridized carbons (Fsp3) is 0.706. The van der Waals surface area contributed by atoms with E-state index in [9.17, 15) is 0 Å². The second-order valence-electron chi connectivity index (χ2n) is 6.10. The van der Waals surface area contributed by atoms with Crippen molar-refractivity contribution < 1.29 is 4.74 Å². The van der Waals surface area contributed by atoms with Gasteiger partial charge in [0, 0.05) is 18.3 Å². The Hall–Kier alpha value is -1.09. The van der Waals surface area contributed by atoms with Crippen LogP contribution in [-0.2, 0) is 13.0 Å². The van der Waals surface area contributed by atoms with E-state index in [1.165, 1.54) is 31.2 Å². The number of pyridine rings is 1. The summed E-state index contributed by atoms with van der Waals surface area (Å²) in [4.78, 5) is 4.67. The monoisotopic (exact) mass is 276 g/mol. The van der Waals surface area contributed by atoms with E-state index in [2.05, 4.69) is 36.3 Å². The summed E-state index contributed by atoms with van der Waals surface area (Å²) in [6, 6.07) is 4.28. The summed E-state index contributed by atoms with van der Waals surface area (Å²) in [6.07, 6.45) is 7.46. The van der Waals surface area contributed by atoms with E-state index in [0.717, 1.165) is 36.9 Å². The molecule has 1 aromatic rings. The Kier molecular flexibility index (Phi) is 5.84. The van der Waals surface area contributed by atoms with E-state index >= 15 is 0 Å². The van der Waals surface area contributed by atoms with Crippen molar-refractivity contribution in [3.8, 4) is 5.88 Å². The highest BCUT2D eigenvalue weighted by atomic mass is 16.5. The van der Waals surface area contributed by atoms with Gasteiger partial charge in [-0.2, -0.15) is 0 Å². The smallest absolute Gasteiger partial charge is 0.214 e. The van der Waals surface area contributed by atoms with Crippen molar-refractivity contribution in [3.63, 3.8) is 0 Å². The molecular formula is C17H28N2O. The van der Waals surface area contributed by atoms with Crippen molar-refractivity contribution in [1.82, 2.24) is 10.3 Å². The maximum Gasteiger partial charge on any atom is 0.214 e. The van der Waals surface area contributed by atoms with Gasteiger partial charge in [-0.25, -0.2) is 4.98 Å². The van der Waals surface area contributed by atoms with Crippen molar-refractivity contribution in [2.75, 3.05) is 7.05 Å². The molecule has 1 aliphatic rings. The van der Waals surface area contributed by atoms with Gasteiger partial charge in [-0.1, -0.05) is 26.7 Å². The van der Waals surface area contributed by atoms with Gasteiger partial charge < -0.3 is 10.1 Å². The summed E-state index contributed by atoms with van der Waals surface area (Å²) < 4.78 is 6.16. The molecule has 2 unspecified atom stereocenters. The first kappa shape index (κ1) is 15.3. The van der Waals surface area contributed by atoms with Gasteiger partial charge in [-0.3, -0.25) is 0 Å². The molecule has 3 nitrogen and oxygen atoms in total. The zero-order valence-corrected chi connectivity index (χ0v) is 13.1. The van der Waals surface area contributed by atoms with Gasteiger partial charge in [0.15, 0.2) is 0 Å². The van der Waals surface area contributed by atoms with Crippen LogP contribution in [0.5, 0.6) is 5.88 Å². The fourth-order valence-electron chi connectivity index (χ4n) is 3.03. The first-order valence-corrected chi connectivity index (χ1v) is 8.02. The zero-order chi connectivity index (χ0) is 14.4. The molecule has 0 aromatic carbocycles. The molecule has 0 radical (unpaired) electrons. The topological polar surface area (TPSA) is 34.1 Å². The molecule has 1 aromatic heterocycles. The number of nitrogens with one attached hydrogen (secondary N) is 1. The summed E-state index contributed by atoms with van der Waals surface area (Å²) in [5, 5.41) is 3.21. The average Bonchev–Trinajstić information content (AvgIpc) is 2.39. The van der Waals surface area contributed by atoms with E-state index in [4.69, 9.17) is 4.74 Å². The highest BCUT2D eigenvalue weighted by Gasteiger charge is 2.20. The number of nitrogens with zero attached hydrogens (tertiary/aromatic N) is 1. The molecule has 3 heteroatoms. The molecule has 0 saturated heterocycles. The van der Waals surface area contributed by atoms with Crippen LogP contribution in [0, 0.1) is 5.92 Å². The first-order chi connectivity index (χ1) is 9.71. The SMILES string of the molecule is CCCc1cc(CNC)cc(OC2CCCC(C)C2)n1. The third kappa shape index (κ3) is 4.48. The summed E-state index contributed by atoms with van der Waals surface area (Å²) in [6.45, 7) is 5.38. The van der Waals surface area contributed by atoms with Crippen LogP contribution in [0.4, 0.5) is 0 Å². The summed E-state index contributed by atoms with van der Waals surface area (Å²) in [5.41, 5.74) is 2.42. The Morgan fingerprint density at radius 2 is 2.20 bits per heavy atom. The number of aromatic nitrogens is 1. The minimum absolute atomic E-state index is 0.352. The maximum absolute atomic E-state index is 6.16. The summed E-state index contributed by atoms with van der Waals surface area (Å²) in [7, 11) is 1.98. The molecule has 1 fully saturated rings. The summed E-state index contributed by atoms with van der Waals surface area (Å²) >= 11 is 0. The van der Waals surface area contributed by atoms with Crippen LogP contribution in [-0.4, -0.2) is 18.1 Å². The Balaban J connectivity index is 2.08. The lowest BCUT2D eigenvalue weighted by atomic mass is 9.89. The average molecular weight is 276 g/mol. The molecule has 1 N–H and O–H groups in total. The van der Waals surface area contributed by atoms with Crippen molar-refractivity contribution in [2.24, 2.45) is 5.92 Å². The molecule has 20 heavy (non-hydrogen) atoms. The number of rotatable bonds is 6. The van der Waals surface area contributed by atoms with Crippen molar-refractivity contribution in [1.29, 1.82) is 0 Å². The molecule has 0 spiro atoms. The lowest BCUT2D eigenvalue weighted by Crippen LogP contribution is -2.24. The van der Waals surface area contributed by atoms with Crippen LogP contribution >= 0.6 is 0 Å². The van der Waals surface area contributed by atoms with Crippen LogP contribution in [0.15, 0.2) is 12.1 Å². The summed E-state index contributed by atoms with van der Waals surface area (Å²) in [5.74, 6) is 1.60. The molecule has 2 rings (SSSR count). The highest BCUT2D eigenvalue weighted by Crippen LogP contribution is 2.27. The molecule has 1 aliphatic carbocycles. The van der Waals surface area contributed by atoms with Crippen LogP contribution in [0.2, 0.25) is 0 Å². The van der Waals surface area contributed by atoms with Crippen LogP contribution in [0.3, 0.4) is 0 Å². The van der Waals surface area contributed by atoms with Crippen LogP contribution in [0.25, 0.3) is 0 Å². The third-order valence-electron chi connectivity index (χ3n) is 3.98. The number of hydrogen-bond acceptors (Lipinski definition) is 3. The van der Waals surface area contributed by atoms with Crippen LogP contribution < -0.4 is 10.1 Å². The molecule has 0 bridgehead atoms. The molecular weight excluding hydrogens is 248 g/mol. The number of hydrogen-bond donors (Lipinski definition) is 1. The van der Waals surface area contributed by atoms with Crippen molar-refractivity contribution in [2.45, 2.75) is 65.0 Å². The molecule has 0 aliphatic heterocycles. The normalized spacial score (nSPS) is 22.8. The van der Waals surface area contributed by atoms with Gasteiger partial charge in [0.25, 0.3) is 0 Å². The van der Waals surface area contributed by atoms with E-state index in [-0.39, 0.29) is 0 Å². The highest BCUT2D eigenvalue weighted by molar-refractivity contribution is 5.25. The van der Waals surface area contributed by atoms with Gasteiger partial charge in [0.05, 0.1) is 0 Å². The first-order valence-electron chi connectivity index (χ1n) is 8.02. The fourth-order valence-corrected chi connectivity index (χ4v) is 3.03. The van der Waals surface area contributed by atoms with Crippen molar-refractivity contribution in [3.05, 3.63) is 23.4 Å². The Morgan fingerprint density at radius 3 is 2.90 bits per heavy atom. The zero-order valence-electron chi connectivity index (χ0n) is 13.1. The molecule has 2 atom stereocenters. The number of ether oxygens (including phenoxy) is 1. The third-order valence-corrected chi connectivity index (χ3v) is 3.98. The van der Waals surface area contributed by atoms with E-state index in [0.29, 0.717) is 6.10 Å². The quantitative estimate of drug-likeness (QED) is 0.860. The maximum atomic E-state index is 6.16. The van der Waals surface area contributed by atoms with Crippen LogP contribution in [0.1, 0.15) is 57.2 Å². The minimum atomic E-state index is 0.352. The van der Waals surface area contributed by atoms with E-state index < -0.39 is 0 Å². The van der Waals surface area contributed by atoms with Gasteiger partial charge in [-0.15, -0.1) is 0 Å². The lowest BCUT2D eigenvalue weighted by molar-refractivity contribution is 0.123. The molecule has 1 heterocycles. The van der Waals surface area contributed by atoms with E-state index in [1.807, 2.05) is 7.05 Å². The Morgan fingerprint density at radius 1 is 1.35 bits per heavy atom. The number of aryl methyl sites for hydroxylation is 1. The largest absolute Gasteiger partial charge is 0.474 e. The Bertz CT molecular complexity index is 395. The minimum Gasteiger partial charge on any atom is -0.474 e. The van der Waals surface area contributed by atoms with Gasteiger partial charge in [0.2, 0.25) is 5.88 Å². The van der Waals surface area contributed by atoms with Gasteiger partial charge >= 0.3 is 0 Å². The predicted octanol–water partition coefficient (Wildman–Crippen LogP) is 3.71. The second-order valence-corrected chi connectivity index (χ2v) is 6.10. The van der Waals surface area contributed by atoms with Gasteiger partial charge in [0.1, 0.15) is 6.10 Å². The Labute approximate surface area is 123 Å². The molecule has 1 saturated carbocycles. The molecule has 0 amide bonds. The van der Waals surface area contributed by atoms with Crippen molar-refractivity contribution >= 4 is 0 Å². The second kappa shape index (κ2) is 7.63. The standard InChI is InChI=1S/C17H28N2O/c1-4-6-15-10-14(12-18-3)11-17(19-15)20-16-8-5-7-13(2)9-16/h10-11,13,16,18H,4-9,12H2,1-3H3. The predicted molar refractivity (Wildman–Crippen MR) is 83.0 cm³/mol. The van der Waals surface area contributed by atoms with E-state index in [1.54, 1.807) is 0 Å².